The van der Waals surface area contributed by atoms with Crippen LogP contribution in [0, 0.1) is 5.92 Å². The lowest BCUT2D eigenvalue weighted by atomic mass is 9.92. The van der Waals surface area contributed by atoms with Gasteiger partial charge in [0.25, 0.3) is 5.91 Å². The van der Waals surface area contributed by atoms with Crippen molar-refractivity contribution in [2.24, 2.45) is 5.92 Å². The van der Waals surface area contributed by atoms with Crippen LogP contribution in [0.2, 0.25) is 0 Å². The second kappa shape index (κ2) is 14.7. The van der Waals surface area contributed by atoms with Crippen LogP contribution in [0.4, 0.5) is 4.79 Å². The van der Waals surface area contributed by atoms with E-state index in [0.717, 1.165) is 5.56 Å². The fourth-order valence-electron chi connectivity index (χ4n) is 4.69. The first-order chi connectivity index (χ1) is 19.5. The van der Waals surface area contributed by atoms with Crippen LogP contribution in [0.5, 0.6) is 11.5 Å². The summed E-state index contributed by atoms with van der Waals surface area (Å²) in [5, 5.41) is 3.02. The third-order valence-corrected chi connectivity index (χ3v) is 6.60. The molecular weight excluding hydrogens is 526 g/mol. The highest BCUT2D eigenvalue weighted by Gasteiger charge is 2.37. The molecule has 0 saturated carbocycles. The van der Waals surface area contributed by atoms with E-state index in [4.69, 9.17) is 18.9 Å². The third kappa shape index (κ3) is 9.67. The predicted molar refractivity (Wildman–Crippen MR) is 155 cm³/mol. The van der Waals surface area contributed by atoms with E-state index in [9.17, 15) is 14.4 Å². The Kier molecular flexibility index (Phi) is 11.4. The zero-order valence-corrected chi connectivity index (χ0v) is 25.0. The summed E-state index contributed by atoms with van der Waals surface area (Å²) in [6.07, 6.45) is 0.558. The first-order valence-electron chi connectivity index (χ1n) is 13.9. The van der Waals surface area contributed by atoms with Crippen LogP contribution in [0.3, 0.4) is 0 Å². The Bertz CT molecular complexity index is 1170. The summed E-state index contributed by atoms with van der Waals surface area (Å²) in [6, 6.07) is 14.2. The number of amides is 3. The SMILES string of the molecule is COCCCOc1cc(C(=O)NC2CC(C(=O)N(C)Cc3ccccc3)CN(C(=O)OC(C)(C)C)C2)ccc1OC. The van der Waals surface area contributed by atoms with Crippen molar-refractivity contribution in [3.63, 3.8) is 0 Å². The van der Waals surface area contributed by atoms with Crippen LogP contribution in [0.25, 0.3) is 0 Å². The molecule has 1 N–H and O–H groups in total. The lowest BCUT2D eigenvalue weighted by Gasteiger charge is -2.39. The van der Waals surface area contributed by atoms with Crippen LogP contribution >= 0.6 is 0 Å². The minimum Gasteiger partial charge on any atom is -0.493 e. The van der Waals surface area contributed by atoms with Crippen LogP contribution < -0.4 is 14.8 Å². The molecular formula is C31H43N3O7. The summed E-state index contributed by atoms with van der Waals surface area (Å²) in [4.78, 5) is 43.1. The number of likely N-dealkylation sites (tertiary alicyclic amines) is 1. The molecule has 2 atom stereocenters. The Hall–Kier alpha value is -3.79. The Labute approximate surface area is 242 Å². The Morgan fingerprint density at radius 3 is 2.39 bits per heavy atom. The molecule has 0 aliphatic carbocycles. The van der Waals surface area contributed by atoms with Gasteiger partial charge in [-0.1, -0.05) is 30.3 Å². The van der Waals surface area contributed by atoms with E-state index in [0.29, 0.717) is 49.7 Å². The molecule has 41 heavy (non-hydrogen) atoms. The molecule has 1 saturated heterocycles. The molecule has 1 heterocycles. The van der Waals surface area contributed by atoms with Crippen molar-refractivity contribution < 1.29 is 33.3 Å². The number of nitrogens with zero attached hydrogens (tertiary/aromatic N) is 2. The van der Waals surface area contributed by atoms with Gasteiger partial charge in [-0.25, -0.2) is 4.79 Å². The van der Waals surface area contributed by atoms with E-state index < -0.39 is 23.7 Å². The summed E-state index contributed by atoms with van der Waals surface area (Å²) in [6.45, 7) is 7.22. The van der Waals surface area contributed by atoms with Crippen molar-refractivity contribution in [2.45, 2.75) is 51.8 Å². The molecule has 1 aliphatic rings. The van der Waals surface area contributed by atoms with Crippen molar-refractivity contribution in [3.05, 3.63) is 59.7 Å². The van der Waals surface area contributed by atoms with Gasteiger partial charge in [-0.3, -0.25) is 9.59 Å². The average Bonchev–Trinajstić information content (AvgIpc) is 2.94. The quantitative estimate of drug-likeness (QED) is 0.406. The lowest BCUT2D eigenvalue weighted by Crippen LogP contribution is -2.56. The first kappa shape index (κ1) is 31.7. The maximum absolute atomic E-state index is 13.5. The fourth-order valence-corrected chi connectivity index (χ4v) is 4.69. The van der Waals surface area contributed by atoms with Gasteiger partial charge in [-0.15, -0.1) is 0 Å². The molecule has 2 unspecified atom stereocenters. The van der Waals surface area contributed by atoms with Crippen molar-refractivity contribution in [3.8, 4) is 11.5 Å². The standard InChI is InChI=1S/C31H43N3O7/c1-31(2,3)41-30(37)34-20-24(29(36)33(4)19-22-11-8-7-9-12-22)17-25(21-34)32-28(35)23-13-14-26(39-6)27(18-23)40-16-10-15-38-5/h7-9,11-14,18,24-25H,10,15-17,19-21H2,1-6H3,(H,32,35). The smallest absolute Gasteiger partial charge is 0.410 e. The third-order valence-electron chi connectivity index (χ3n) is 6.60. The number of piperidine rings is 1. The van der Waals surface area contributed by atoms with Crippen molar-refractivity contribution in [1.29, 1.82) is 0 Å². The normalized spacial score (nSPS) is 17.0. The van der Waals surface area contributed by atoms with Crippen LogP contribution in [-0.2, 0) is 20.8 Å². The van der Waals surface area contributed by atoms with Gasteiger partial charge < -0.3 is 34.1 Å². The minimum atomic E-state index is -0.695. The number of benzene rings is 2. The molecule has 0 bridgehead atoms. The van der Waals surface area contributed by atoms with Gasteiger partial charge in [0.1, 0.15) is 5.60 Å². The molecule has 3 rings (SSSR count). The van der Waals surface area contributed by atoms with E-state index in [1.165, 1.54) is 12.0 Å². The van der Waals surface area contributed by atoms with Crippen molar-refractivity contribution >= 4 is 17.9 Å². The lowest BCUT2D eigenvalue weighted by molar-refractivity contribution is -0.136. The Balaban J connectivity index is 1.76. The summed E-state index contributed by atoms with van der Waals surface area (Å²) in [5.74, 6) is 0.0170. The number of hydrogen-bond acceptors (Lipinski definition) is 7. The van der Waals surface area contributed by atoms with Crippen LogP contribution in [0.15, 0.2) is 48.5 Å². The number of methoxy groups -OCH3 is 2. The molecule has 224 valence electrons. The van der Waals surface area contributed by atoms with E-state index in [1.807, 2.05) is 30.3 Å². The van der Waals surface area contributed by atoms with E-state index in [2.05, 4.69) is 5.32 Å². The topological polar surface area (TPSA) is 107 Å². The molecule has 0 radical (unpaired) electrons. The van der Waals surface area contributed by atoms with Gasteiger partial charge in [0, 0.05) is 58.4 Å². The number of carbonyl (C=O) groups is 3. The van der Waals surface area contributed by atoms with Crippen molar-refractivity contribution in [1.82, 2.24) is 15.1 Å². The zero-order chi connectivity index (χ0) is 30.0. The molecule has 2 aromatic carbocycles. The maximum atomic E-state index is 13.5. The summed E-state index contributed by atoms with van der Waals surface area (Å²) >= 11 is 0. The number of hydrogen-bond donors (Lipinski definition) is 1. The Morgan fingerprint density at radius 2 is 1.73 bits per heavy atom. The number of carbonyl (C=O) groups excluding carboxylic acids is 3. The molecule has 0 aromatic heterocycles. The highest BCUT2D eigenvalue weighted by molar-refractivity contribution is 5.95. The van der Waals surface area contributed by atoms with Gasteiger partial charge in [0.05, 0.1) is 19.6 Å². The molecule has 1 fully saturated rings. The molecule has 10 nitrogen and oxygen atoms in total. The van der Waals surface area contributed by atoms with Crippen LogP contribution in [0.1, 0.15) is 49.5 Å². The second-order valence-electron chi connectivity index (χ2n) is 11.2. The number of rotatable bonds is 11. The van der Waals surface area contributed by atoms with E-state index >= 15 is 0 Å². The van der Waals surface area contributed by atoms with Crippen LogP contribution in [-0.4, -0.2) is 86.9 Å². The largest absolute Gasteiger partial charge is 0.493 e. The summed E-state index contributed by atoms with van der Waals surface area (Å²) in [5.41, 5.74) is 0.693. The molecule has 3 amide bonds. The number of nitrogens with one attached hydrogen (secondary N) is 1. The minimum absolute atomic E-state index is 0.0995. The molecule has 1 aliphatic heterocycles. The second-order valence-corrected chi connectivity index (χ2v) is 11.2. The molecule has 0 spiro atoms. The fraction of sp³-hybridized carbons (Fsp3) is 0.516. The molecule has 10 heteroatoms. The van der Waals surface area contributed by atoms with Gasteiger partial charge in [0.15, 0.2) is 11.5 Å². The highest BCUT2D eigenvalue weighted by atomic mass is 16.6. The summed E-state index contributed by atoms with van der Waals surface area (Å²) < 4.78 is 21.9. The first-order valence-corrected chi connectivity index (χ1v) is 13.9. The highest BCUT2D eigenvalue weighted by Crippen LogP contribution is 2.29. The predicted octanol–water partition coefficient (Wildman–Crippen LogP) is 4.12. The van der Waals surface area contributed by atoms with Gasteiger partial charge in [-0.05, 0) is 51.0 Å². The average molecular weight is 570 g/mol. The number of ether oxygens (including phenoxy) is 4. The maximum Gasteiger partial charge on any atom is 0.410 e. The van der Waals surface area contributed by atoms with Crippen molar-refractivity contribution in [2.75, 3.05) is 47.6 Å². The van der Waals surface area contributed by atoms with E-state index in [-0.39, 0.29) is 24.9 Å². The Morgan fingerprint density at radius 1 is 1.00 bits per heavy atom. The monoisotopic (exact) mass is 569 g/mol. The summed E-state index contributed by atoms with van der Waals surface area (Å²) in [7, 11) is 4.91. The van der Waals surface area contributed by atoms with Gasteiger partial charge >= 0.3 is 6.09 Å². The zero-order valence-electron chi connectivity index (χ0n) is 25.0. The molecule has 2 aromatic rings. The van der Waals surface area contributed by atoms with E-state index in [1.54, 1.807) is 58.0 Å². The van der Waals surface area contributed by atoms with Gasteiger partial charge in [0.2, 0.25) is 5.91 Å². The van der Waals surface area contributed by atoms with Gasteiger partial charge in [-0.2, -0.15) is 0 Å².